The number of nitrogens with zero attached hydrogens (tertiary/aromatic N) is 3. The number of carbonyl (C=O) groups is 1. The summed E-state index contributed by atoms with van der Waals surface area (Å²) in [4.78, 5) is 18.5. The first-order valence-electron chi connectivity index (χ1n) is 12.4. The molecule has 5 rings (SSSR count). The SMILES string of the molecule is O=C1OC(c2ccc(-c3ccc(S(=O)(=O)N4CCN(CC(F)(F)F)CC4)cc3)cc2)=NC12CCCCC2. The number of alkyl halides is 3. The van der Waals surface area contributed by atoms with Crippen LogP contribution in [0.4, 0.5) is 13.2 Å². The summed E-state index contributed by atoms with van der Waals surface area (Å²) >= 11 is 0. The van der Waals surface area contributed by atoms with Crippen LogP contribution in [0.25, 0.3) is 11.1 Å². The summed E-state index contributed by atoms with van der Waals surface area (Å²) < 4.78 is 70.6. The van der Waals surface area contributed by atoms with E-state index in [1.165, 1.54) is 21.3 Å². The number of esters is 1. The maximum Gasteiger partial charge on any atom is 0.401 e. The number of hydrogen-bond acceptors (Lipinski definition) is 6. The van der Waals surface area contributed by atoms with Crippen molar-refractivity contribution in [3.05, 3.63) is 54.1 Å². The van der Waals surface area contributed by atoms with Gasteiger partial charge in [0.05, 0.1) is 11.4 Å². The van der Waals surface area contributed by atoms with Crippen molar-refractivity contribution in [2.75, 3.05) is 32.7 Å². The number of piperazine rings is 1. The lowest BCUT2D eigenvalue weighted by molar-refractivity contribution is -0.148. The van der Waals surface area contributed by atoms with E-state index in [1.807, 2.05) is 24.3 Å². The Hall–Kier alpha value is -2.76. The third kappa shape index (κ3) is 5.44. The molecule has 2 aliphatic heterocycles. The molecule has 2 heterocycles. The van der Waals surface area contributed by atoms with Gasteiger partial charge in [-0.2, -0.15) is 17.5 Å². The largest absolute Gasteiger partial charge is 0.405 e. The normalized spacial score (nSPS) is 21.2. The predicted octanol–water partition coefficient (Wildman–Crippen LogP) is 4.23. The standard InChI is InChI=1S/C26H28F3N3O4S/c27-26(28,29)18-31-14-16-32(17-15-31)37(34,35)22-10-8-20(9-11-22)19-4-6-21(7-5-19)23-30-25(24(33)36-23)12-2-1-3-13-25/h4-11H,1-3,12-18H2. The quantitative estimate of drug-likeness (QED) is 0.536. The van der Waals surface area contributed by atoms with Crippen molar-refractivity contribution in [2.45, 2.75) is 48.7 Å². The zero-order valence-corrected chi connectivity index (χ0v) is 21.0. The minimum Gasteiger partial charge on any atom is -0.405 e. The lowest BCUT2D eigenvalue weighted by Crippen LogP contribution is -2.50. The Morgan fingerprint density at radius 2 is 1.38 bits per heavy atom. The lowest BCUT2D eigenvalue weighted by atomic mass is 9.83. The van der Waals surface area contributed by atoms with Crippen LogP contribution < -0.4 is 0 Å². The highest BCUT2D eigenvalue weighted by Crippen LogP contribution is 2.37. The van der Waals surface area contributed by atoms with Crippen molar-refractivity contribution in [3.63, 3.8) is 0 Å². The molecule has 0 atom stereocenters. The van der Waals surface area contributed by atoms with Gasteiger partial charge in [0, 0.05) is 31.7 Å². The lowest BCUT2D eigenvalue weighted by Gasteiger charge is -2.34. The van der Waals surface area contributed by atoms with E-state index in [4.69, 9.17) is 4.74 Å². The van der Waals surface area contributed by atoms with Gasteiger partial charge >= 0.3 is 12.1 Å². The molecule has 0 amide bonds. The fraction of sp³-hybridized carbons (Fsp3) is 0.462. The smallest absolute Gasteiger partial charge is 0.401 e. The van der Waals surface area contributed by atoms with Gasteiger partial charge in [0.1, 0.15) is 0 Å². The number of halogens is 3. The van der Waals surface area contributed by atoms with Crippen molar-refractivity contribution >= 4 is 21.9 Å². The number of ether oxygens (including phenoxy) is 1. The summed E-state index contributed by atoms with van der Waals surface area (Å²) in [7, 11) is -3.80. The summed E-state index contributed by atoms with van der Waals surface area (Å²) in [6.45, 7) is -0.949. The second-order valence-corrected chi connectivity index (χ2v) is 11.7. The molecule has 1 aliphatic carbocycles. The third-order valence-corrected chi connectivity index (χ3v) is 9.17. The molecule has 0 radical (unpaired) electrons. The fourth-order valence-electron chi connectivity index (χ4n) is 5.18. The molecule has 1 saturated carbocycles. The third-order valence-electron chi connectivity index (χ3n) is 7.26. The van der Waals surface area contributed by atoms with Crippen LogP contribution in [-0.4, -0.2) is 73.9 Å². The monoisotopic (exact) mass is 535 g/mol. The van der Waals surface area contributed by atoms with Gasteiger partial charge in [-0.1, -0.05) is 43.5 Å². The van der Waals surface area contributed by atoms with Gasteiger partial charge in [-0.15, -0.1) is 0 Å². The molecule has 2 aromatic carbocycles. The second kappa shape index (κ2) is 9.85. The molecule has 198 valence electrons. The Bertz CT molecular complexity index is 1280. The molecule has 2 aromatic rings. The first-order chi connectivity index (χ1) is 17.6. The van der Waals surface area contributed by atoms with Crippen LogP contribution in [0.2, 0.25) is 0 Å². The van der Waals surface area contributed by atoms with E-state index in [2.05, 4.69) is 4.99 Å². The van der Waals surface area contributed by atoms with Crippen LogP contribution in [0, 0.1) is 0 Å². The average molecular weight is 536 g/mol. The number of rotatable bonds is 5. The molecule has 0 aromatic heterocycles. The molecular weight excluding hydrogens is 507 g/mol. The predicted molar refractivity (Wildman–Crippen MR) is 132 cm³/mol. The van der Waals surface area contributed by atoms with E-state index in [9.17, 15) is 26.4 Å². The Balaban J connectivity index is 1.25. The van der Waals surface area contributed by atoms with Crippen LogP contribution >= 0.6 is 0 Å². The average Bonchev–Trinajstić information content (AvgIpc) is 3.19. The maximum absolute atomic E-state index is 13.0. The Kier molecular flexibility index (Phi) is 6.88. The van der Waals surface area contributed by atoms with Crippen molar-refractivity contribution in [1.29, 1.82) is 0 Å². The van der Waals surface area contributed by atoms with Crippen LogP contribution in [0.3, 0.4) is 0 Å². The van der Waals surface area contributed by atoms with Crippen LogP contribution in [0.1, 0.15) is 37.7 Å². The number of sulfonamides is 1. The number of cyclic esters (lactones) is 1. The molecule has 3 aliphatic rings. The van der Waals surface area contributed by atoms with Gasteiger partial charge in [0.25, 0.3) is 0 Å². The molecule has 1 saturated heterocycles. The summed E-state index contributed by atoms with van der Waals surface area (Å²) in [5.74, 6) is 0.0695. The Morgan fingerprint density at radius 3 is 1.95 bits per heavy atom. The first kappa shape index (κ1) is 25.9. The summed E-state index contributed by atoms with van der Waals surface area (Å²) in [5.41, 5.74) is 1.63. The van der Waals surface area contributed by atoms with Gasteiger partial charge in [0.2, 0.25) is 15.9 Å². The van der Waals surface area contributed by atoms with Gasteiger partial charge in [0.15, 0.2) is 5.54 Å². The fourth-order valence-corrected chi connectivity index (χ4v) is 6.60. The first-order valence-corrected chi connectivity index (χ1v) is 13.8. The Morgan fingerprint density at radius 1 is 0.838 bits per heavy atom. The number of hydrogen-bond donors (Lipinski definition) is 0. The van der Waals surface area contributed by atoms with Gasteiger partial charge in [-0.05, 0) is 48.2 Å². The highest BCUT2D eigenvalue weighted by molar-refractivity contribution is 7.89. The Labute approximate surface area is 214 Å². The topological polar surface area (TPSA) is 79.3 Å². The zero-order chi connectivity index (χ0) is 26.3. The van der Waals surface area contributed by atoms with E-state index >= 15 is 0 Å². The molecule has 2 fully saturated rings. The van der Waals surface area contributed by atoms with E-state index < -0.39 is 28.3 Å². The minimum absolute atomic E-state index is 0.0113. The van der Waals surface area contributed by atoms with Crippen LogP contribution in [0.5, 0.6) is 0 Å². The molecule has 11 heteroatoms. The summed E-state index contributed by atoms with van der Waals surface area (Å²) in [5, 5.41) is 0. The molecule has 37 heavy (non-hydrogen) atoms. The molecule has 0 unspecified atom stereocenters. The van der Waals surface area contributed by atoms with Crippen molar-refractivity contribution in [1.82, 2.24) is 9.21 Å². The number of aliphatic imine (C=N–C) groups is 1. The van der Waals surface area contributed by atoms with E-state index in [0.717, 1.165) is 30.4 Å². The summed E-state index contributed by atoms with van der Waals surface area (Å²) in [6.07, 6.45) is 0.155. The maximum atomic E-state index is 13.0. The van der Waals surface area contributed by atoms with Crippen molar-refractivity contribution in [3.8, 4) is 11.1 Å². The molecule has 7 nitrogen and oxygen atoms in total. The molecule has 1 spiro atoms. The second-order valence-electron chi connectivity index (χ2n) is 9.80. The highest BCUT2D eigenvalue weighted by atomic mass is 32.2. The summed E-state index contributed by atoms with van der Waals surface area (Å²) in [6, 6.07) is 13.8. The number of benzene rings is 2. The molecular formula is C26H28F3N3O4S. The number of carbonyl (C=O) groups excluding carboxylic acids is 1. The van der Waals surface area contributed by atoms with E-state index in [0.29, 0.717) is 24.3 Å². The molecule has 0 N–H and O–H groups in total. The highest BCUT2D eigenvalue weighted by Gasteiger charge is 2.46. The minimum atomic E-state index is -4.30. The van der Waals surface area contributed by atoms with Crippen molar-refractivity contribution < 1.29 is 31.1 Å². The van der Waals surface area contributed by atoms with Crippen LogP contribution in [0.15, 0.2) is 58.4 Å². The van der Waals surface area contributed by atoms with Crippen molar-refractivity contribution in [2.24, 2.45) is 4.99 Å². The van der Waals surface area contributed by atoms with Gasteiger partial charge < -0.3 is 4.74 Å². The van der Waals surface area contributed by atoms with Gasteiger partial charge in [-0.3, -0.25) is 4.90 Å². The molecule has 0 bridgehead atoms. The van der Waals surface area contributed by atoms with E-state index in [-0.39, 0.29) is 37.0 Å². The van der Waals surface area contributed by atoms with E-state index in [1.54, 1.807) is 12.1 Å². The van der Waals surface area contributed by atoms with Gasteiger partial charge in [-0.25, -0.2) is 18.2 Å². The van der Waals surface area contributed by atoms with Crippen LogP contribution in [-0.2, 0) is 19.6 Å². The zero-order valence-electron chi connectivity index (χ0n) is 20.2.